The minimum Gasteiger partial charge on any atom is -0.296 e. The van der Waals surface area contributed by atoms with Crippen molar-refractivity contribution in [2.24, 2.45) is 5.92 Å². The molecule has 1 aromatic rings. The molecule has 2 atom stereocenters. The summed E-state index contributed by atoms with van der Waals surface area (Å²) in [4.78, 5) is 23.3. The lowest BCUT2D eigenvalue weighted by Crippen LogP contribution is -2.44. The number of halogens is 1. The van der Waals surface area contributed by atoms with Crippen LogP contribution >= 0.6 is 0 Å². The molecule has 2 rings (SSSR count). The monoisotopic (exact) mass is 249 g/mol. The Bertz CT molecular complexity index is 473. The maximum atomic E-state index is 13.2. The summed E-state index contributed by atoms with van der Waals surface area (Å²) in [5.41, 5.74) is 0.733. The Hall–Kier alpha value is -1.71. The van der Waals surface area contributed by atoms with Crippen LogP contribution in [0.5, 0.6) is 0 Å². The van der Waals surface area contributed by atoms with Gasteiger partial charge in [-0.25, -0.2) is 4.39 Å². The average Bonchev–Trinajstić information content (AvgIpc) is 2.32. The van der Waals surface area contributed by atoms with Crippen LogP contribution in [-0.2, 0) is 9.59 Å². The largest absolute Gasteiger partial charge is 0.296 e. The van der Waals surface area contributed by atoms with Gasteiger partial charge in [0.25, 0.3) is 0 Å². The van der Waals surface area contributed by atoms with Crippen molar-refractivity contribution < 1.29 is 14.0 Å². The molecule has 0 spiro atoms. The highest BCUT2D eigenvalue weighted by molar-refractivity contribution is 5.99. The fourth-order valence-electron chi connectivity index (χ4n) is 2.54. The van der Waals surface area contributed by atoms with Gasteiger partial charge in [-0.15, -0.1) is 0 Å². The second-order valence-corrected chi connectivity index (χ2v) is 4.67. The summed E-state index contributed by atoms with van der Waals surface area (Å²) in [6, 6.07) is 6.18. The topological polar surface area (TPSA) is 46.2 Å². The molecule has 1 saturated heterocycles. The van der Waals surface area contributed by atoms with Gasteiger partial charge >= 0.3 is 0 Å². The molecule has 1 N–H and O–H groups in total. The number of nitrogens with one attached hydrogen (secondary N) is 1. The summed E-state index contributed by atoms with van der Waals surface area (Å²) in [5, 5.41) is 2.36. The first-order valence-electron chi connectivity index (χ1n) is 6.21. The molecule has 1 fully saturated rings. The Morgan fingerprint density at radius 1 is 1.39 bits per heavy atom. The zero-order chi connectivity index (χ0) is 13.1. The standard InChI is InChI=1S/C14H16FNO2/c1-2-4-11-12(8-13(17)16-14(11)18)9-5-3-6-10(15)7-9/h3,5-7,11-12H,2,4,8H2,1H3,(H,16,17,18). The van der Waals surface area contributed by atoms with Gasteiger partial charge in [-0.05, 0) is 24.1 Å². The van der Waals surface area contributed by atoms with E-state index in [2.05, 4.69) is 5.32 Å². The maximum absolute atomic E-state index is 13.2. The first-order valence-corrected chi connectivity index (χ1v) is 6.21. The lowest BCUT2D eigenvalue weighted by molar-refractivity contribution is -0.137. The number of carbonyl (C=O) groups excluding carboxylic acids is 2. The summed E-state index contributed by atoms with van der Waals surface area (Å²) in [7, 11) is 0. The number of hydrogen-bond acceptors (Lipinski definition) is 2. The molecule has 1 aromatic carbocycles. The quantitative estimate of drug-likeness (QED) is 0.836. The molecule has 1 aliphatic rings. The Labute approximate surface area is 105 Å². The molecule has 0 radical (unpaired) electrons. The van der Waals surface area contributed by atoms with E-state index in [1.54, 1.807) is 12.1 Å². The number of imide groups is 1. The van der Waals surface area contributed by atoms with Crippen LogP contribution in [-0.4, -0.2) is 11.8 Å². The maximum Gasteiger partial charge on any atom is 0.230 e. The van der Waals surface area contributed by atoms with Crippen LogP contribution in [0.3, 0.4) is 0 Å². The zero-order valence-electron chi connectivity index (χ0n) is 10.3. The second-order valence-electron chi connectivity index (χ2n) is 4.67. The zero-order valence-corrected chi connectivity index (χ0v) is 10.3. The molecule has 0 saturated carbocycles. The van der Waals surface area contributed by atoms with Crippen LogP contribution in [0.4, 0.5) is 4.39 Å². The van der Waals surface area contributed by atoms with Gasteiger partial charge in [0.2, 0.25) is 11.8 Å². The SMILES string of the molecule is CCCC1C(=O)NC(=O)CC1c1cccc(F)c1. The number of carbonyl (C=O) groups is 2. The van der Waals surface area contributed by atoms with E-state index >= 15 is 0 Å². The van der Waals surface area contributed by atoms with Crippen molar-refractivity contribution in [1.82, 2.24) is 5.32 Å². The molecule has 2 amide bonds. The van der Waals surface area contributed by atoms with E-state index in [0.29, 0.717) is 6.42 Å². The van der Waals surface area contributed by atoms with Crippen molar-refractivity contribution in [3.63, 3.8) is 0 Å². The predicted molar refractivity (Wildman–Crippen MR) is 65.3 cm³/mol. The van der Waals surface area contributed by atoms with Crippen LogP contribution in [0.1, 0.15) is 37.7 Å². The first-order chi connectivity index (χ1) is 8.61. The number of piperidine rings is 1. The van der Waals surface area contributed by atoms with E-state index in [4.69, 9.17) is 0 Å². The third-order valence-electron chi connectivity index (χ3n) is 3.37. The number of amides is 2. The second kappa shape index (κ2) is 5.29. The van der Waals surface area contributed by atoms with Crippen molar-refractivity contribution in [3.05, 3.63) is 35.6 Å². The van der Waals surface area contributed by atoms with E-state index in [1.165, 1.54) is 12.1 Å². The molecule has 2 unspecified atom stereocenters. The van der Waals surface area contributed by atoms with Crippen molar-refractivity contribution in [3.8, 4) is 0 Å². The Morgan fingerprint density at radius 2 is 2.17 bits per heavy atom. The van der Waals surface area contributed by atoms with Crippen LogP contribution in [0.2, 0.25) is 0 Å². The minimum atomic E-state index is -0.332. The van der Waals surface area contributed by atoms with Crippen molar-refractivity contribution in [2.75, 3.05) is 0 Å². The average molecular weight is 249 g/mol. The summed E-state index contributed by atoms with van der Waals surface area (Å²) in [5.74, 6) is -1.29. The van der Waals surface area contributed by atoms with E-state index in [1.807, 2.05) is 6.92 Å². The lowest BCUT2D eigenvalue weighted by atomic mass is 9.78. The van der Waals surface area contributed by atoms with Crippen molar-refractivity contribution in [1.29, 1.82) is 0 Å². The van der Waals surface area contributed by atoms with Crippen LogP contribution in [0.15, 0.2) is 24.3 Å². The molecule has 1 aliphatic heterocycles. The highest BCUT2D eigenvalue weighted by Crippen LogP contribution is 2.34. The highest BCUT2D eigenvalue weighted by Gasteiger charge is 2.36. The van der Waals surface area contributed by atoms with Crippen molar-refractivity contribution in [2.45, 2.75) is 32.1 Å². The van der Waals surface area contributed by atoms with Gasteiger partial charge in [-0.3, -0.25) is 14.9 Å². The summed E-state index contributed by atoms with van der Waals surface area (Å²) in [6.45, 7) is 1.99. The molecule has 96 valence electrons. The normalized spacial score (nSPS) is 23.9. The van der Waals surface area contributed by atoms with E-state index in [0.717, 1.165) is 12.0 Å². The van der Waals surface area contributed by atoms with Gasteiger partial charge in [0.15, 0.2) is 0 Å². The molecule has 0 aliphatic carbocycles. The lowest BCUT2D eigenvalue weighted by Gasteiger charge is -2.30. The summed E-state index contributed by atoms with van der Waals surface area (Å²) in [6.07, 6.45) is 1.82. The predicted octanol–water partition coefficient (Wildman–Crippen LogP) is 2.37. The molecule has 0 bridgehead atoms. The fraction of sp³-hybridized carbons (Fsp3) is 0.429. The number of rotatable bonds is 3. The molecule has 4 heteroatoms. The van der Waals surface area contributed by atoms with Crippen LogP contribution < -0.4 is 5.32 Å². The van der Waals surface area contributed by atoms with E-state index in [-0.39, 0.29) is 35.9 Å². The van der Waals surface area contributed by atoms with Gasteiger partial charge in [0, 0.05) is 18.3 Å². The molecule has 0 aromatic heterocycles. The molecule has 18 heavy (non-hydrogen) atoms. The molecule has 1 heterocycles. The molecular formula is C14H16FNO2. The van der Waals surface area contributed by atoms with Gasteiger partial charge < -0.3 is 0 Å². The van der Waals surface area contributed by atoms with E-state index < -0.39 is 0 Å². The Kier molecular flexibility index (Phi) is 3.75. The summed E-state index contributed by atoms with van der Waals surface area (Å²) >= 11 is 0. The Balaban J connectivity index is 2.31. The molecular weight excluding hydrogens is 233 g/mol. The van der Waals surface area contributed by atoms with Gasteiger partial charge in [-0.2, -0.15) is 0 Å². The Morgan fingerprint density at radius 3 is 2.83 bits per heavy atom. The third kappa shape index (κ3) is 2.58. The minimum absolute atomic E-state index is 0.207. The van der Waals surface area contributed by atoms with Gasteiger partial charge in [0.1, 0.15) is 5.82 Å². The van der Waals surface area contributed by atoms with Gasteiger partial charge in [-0.1, -0.05) is 25.5 Å². The fourth-order valence-corrected chi connectivity index (χ4v) is 2.54. The van der Waals surface area contributed by atoms with Crippen LogP contribution in [0.25, 0.3) is 0 Å². The van der Waals surface area contributed by atoms with Crippen LogP contribution in [0, 0.1) is 11.7 Å². The first kappa shape index (κ1) is 12.7. The number of hydrogen-bond donors (Lipinski definition) is 1. The smallest absolute Gasteiger partial charge is 0.230 e. The van der Waals surface area contributed by atoms with E-state index in [9.17, 15) is 14.0 Å². The number of benzene rings is 1. The third-order valence-corrected chi connectivity index (χ3v) is 3.37. The highest BCUT2D eigenvalue weighted by atomic mass is 19.1. The summed E-state index contributed by atoms with van der Waals surface area (Å²) < 4.78 is 13.2. The molecule has 3 nitrogen and oxygen atoms in total. The van der Waals surface area contributed by atoms with Crippen molar-refractivity contribution >= 4 is 11.8 Å². The van der Waals surface area contributed by atoms with Gasteiger partial charge in [0.05, 0.1) is 0 Å².